The molecule has 0 spiro atoms. The van der Waals surface area contributed by atoms with Gasteiger partial charge >= 0.3 is 5.97 Å². The summed E-state index contributed by atoms with van der Waals surface area (Å²) in [5.41, 5.74) is 4.10. The van der Waals surface area contributed by atoms with E-state index in [2.05, 4.69) is 35.9 Å². The van der Waals surface area contributed by atoms with Crippen molar-refractivity contribution in [1.82, 2.24) is 14.8 Å². The van der Waals surface area contributed by atoms with Crippen molar-refractivity contribution in [2.75, 3.05) is 6.61 Å². The van der Waals surface area contributed by atoms with E-state index in [1.165, 1.54) is 4.88 Å². The molecule has 4 rings (SSSR count). The van der Waals surface area contributed by atoms with Gasteiger partial charge in [0.15, 0.2) is 5.82 Å². The number of aliphatic hydroxyl groups is 1. The lowest BCUT2D eigenvalue weighted by Gasteiger charge is -2.21. The second-order valence-electron chi connectivity index (χ2n) is 9.23. The second-order valence-corrected chi connectivity index (χ2v) is 10.4. The van der Waals surface area contributed by atoms with E-state index < -0.39 is 11.6 Å². The summed E-state index contributed by atoms with van der Waals surface area (Å²) in [5, 5.41) is 18.7. The molecule has 0 aliphatic carbocycles. The molecule has 34 heavy (non-hydrogen) atoms. The third kappa shape index (κ3) is 4.67. The highest BCUT2D eigenvalue weighted by Gasteiger charge is 2.33. The number of carbonyl (C=O) groups excluding carboxylic acids is 1. The molecule has 1 aliphatic heterocycles. The largest absolute Gasteiger partial charge is 0.460 e. The van der Waals surface area contributed by atoms with Gasteiger partial charge in [-0.3, -0.25) is 14.4 Å². The van der Waals surface area contributed by atoms with Crippen LogP contribution in [0.1, 0.15) is 72.0 Å². The molecule has 0 radical (unpaired) electrons. The average Bonchev–Trinajstić information content (AvgIpc) is 3.24. The molecule has 1 N–H and O–H groups in total. The molecule has 0 unspecified atom stereocenters. The summed E-state index contributed by atoms with van der Waals surface area (Å²) in [6, 6.07) is 7.22. The van der Waals surface area contributed by atoms with Gasteiger partial charge in [0.05, 0.1) is 12.1 Å². The summed E-state index contributed by atoms with van der Waals surface area (Å²) in [5.74, 6) is 6.64. The van der Waals surface area contributed by atoms with Crippen LogP contribution in [0.25, 0.3) is 5.00 Å². The topological polar surface area (TPSA) is 89.6 Å². The molecule has 1 atom stereocenters. The average molecular weight is 477 g/mol. The minimum Gasteiger partial charge on any atom is -0.460 e. The molecule has 176 valence electrons. The van der Waals surface area contributed by atoms with Gasteiger partial charge in [-0.15, -0.1) is 21.5 Å². The molecule has 0 bridgehead atoms. The van der Waals surface area contributed by atoms with Crippen LogP contribution >= 0.6 is 11.3 Å². The third-order valence-electron chi connectivity index (χ3n) is 5.49. The smallest absolute Gasteiger partial charge is 0.308 e. The van der Waals surface area contributed by atoms with Crippen molar-refractivity contribution in [2.24, 2.45) is 4.99 Å². The predicted molar refractivity (Wildman–Crippen MR) is 133 cm³/mol. The first-order chi connectivity index (χ1) is 16.1. The van der Waals surface area contributed by atoms with E-state index in [4.69, 9.17) is 14.8 Å². The van der Waals surface area contributed by atoms with Crippen molar-refractivity contribution in [3.8, 4) is 16.8 Å². The Morgan fingerprint density at radius 3 is 2.53 bits per heavy atom. The van der Waals surface area contributed by atoms with Crippen LogP contribution in [0.2, 0.25) is 0 Å². The number of aromatic nitrogens is 3. The van der Waals surface area contributed by atoms with Crippen molar-refractivity contribution < 1.29 is 14.6 Å². The number of hydrogen-bond acceptors (Lipinski definition) is 7. The molecule has 0 saturated carbocycles. The van der Waals surface area contributed by atoms with Gasteiger partial charge in [0.2, 0.25) is 0 Å². The Labute approximate surface area is 203 Å². The monoisotopic (exact) mass is 476 g/mol. The molecule has 0 amide bonds. The van der Waals surface area contributed by atoms with Crippen LogP contribution in [-0.4, -0.2) is 43.8 Å². The lowest BCUT2D eigenvalue weighted by molar-refractivity contribution is -0.155. The number of thiophene rings is 1. The van der Waals surface area contributed by atoms with E-state index in [1.807, 2.05) is 56.5 Å². The fourth-order valence-corrected chi connectivity index (χ4v) is 5.13. The highest BCUT2D eigenvalue weighted by Crippen LogP contribution is 2.39. The van der Waals surface area contributed by atoms with Crippen molar-refractivity contribution in [3.05, 3.63) is 63.0 Å². The Balaban J connectivity index is 1.88. The number of ether oxygens (including phenoxy) is 1. The molecule has 0 fully saturated rings. The van der Waals surface area contributed by atoms with E-state index in [9.17, 15) is 4.79 Å². The summed E-state index contributed by atoms with van der Waals surface area (Å²) in [7, 11) is 0. The molecule has 3 aromatic rings. The minimum atomic E-state index is -0.588. The first kappa shape index (κ1) is 23.9. The second kappa shape index (κ2) is 9.16. The number of aliphatic hydroxyl groups excluding tert-OH is 1. The highest BCUT2D eigenvalue weighted by molar-refractivity contribution is 7.15. The number of carbonyl (C=O) groups is 1. The zero-order valence-electron chi connectivity index (χ0n) is 20.3. The van der Waals surface area contributed by atoms with Crippen LogP contribution in [0.3, 0.4) is 0 Å². The highest BCUT2D eigenvalue weighted by atomic mass is 32.1. The van der Waals surface area contributed by atoms with Gasteiger partial charge < -0.3 is 9.84 Å². The van der Waals surface area contributed by atoms with Gasteiger partial charge in [-0.05, 0) is 59.2 Å². The number of nitrogens with zero attached hydrogens (tertiary/aromatic N) is 4. The van der Waals surface area contributed by atoms with E-state index in [1.54, 1.807) is 11.3 Å². The van der Waals surface area contributed by atoms with Crippen LogP contribution < -0.4 is 0 Å². The molecule has 8 heteroatoms. The maximum absolute atomic E-state index is 12.8. The molecule has 7 nitrogen and oxygen atoms in total. The molecular weight excluding hydrogens is 448 g/mol. The number of fused-ring (bicyclic) bond motifs is 3. The van der Waals surface area contributed by atoms with Crippen molar-refractivity contribution >= 4 is 23.0 Å². The Kier molecular flexibility index (Phi) is 6.43. The minimum absolute atomic E-state index is 0.0614. The third-order valence-corrected chi connectivity index (χ3v) is 6.68. The number of esters is 1. The van der Waals surface area contributed by atoms with Gasteiger partial charge in [-0.25, -0.2) is 0 Å². The standard InChI is InChI=1S/C26H28N4O3S/c1-15-16(2)34-25-22(15)23(19-11-9-18(10-12-19)8-7-13-31)27-20(14-21(32)33-26(4,5)6)24-29-28-17(3)30(24)25/h9-12,20,31H,13-14H2,1-6H3/t20-/m1/s1. The lowest BCUT2D eigenvalue weighted by atomic mass is 9.98. The van der Waals surface area contributed by atoms with Crippen LogP contribution in [0.5, 0.6) is 0 Å². The van der Waals surface area contributed by atoms with Crippen LogP contribution in [-0.2, 0) is 9.53 Å². The SMILES string of the molecule is Cc1sc2c(c1C)C(c1ccc(C#CCO)cc1)=N[C@H](CC(=O)OC(C)(C)C)c1nnc(C)n1-2. The molecule has 2 aromatic heterocycles. The van der Waals surface area contributed by atoms with E-state index in [0.29, 0.717) is 5.82 Å². The predicted octanol–water partition coefficient (Wildman–Crippen LogP) is 4.22. The summed E-state index contributed by atoms with van der Waals surface area (Å²) in [4.78, 5) is 19.1. The quantitative estimate of drug-likeness (QED) is 0.452. The van der Waals surface area contributed by atoms with Crippen molar-refractivity contribution in [2.45, 2.75) is 59.6 Å². The lowest BCUT2D eigenvalue weighted by Crippen LogP contribution is -2.25. The van der Waals surface area contributed by atoms with E-state index in [-0.39, 0.29) is 19.0 Å². The Bertz CT molecular complexity index is 1330. The fraction of sp³-hybridized carbons (Fsp3) is 0.385. The number of benzene rings is 1. The van der Waals surface area contributed by atoms with Gasteiger partial charge in [0, 0.05) is 21.6 Å². The number of hydrogen-bond donors (Lipinski definition) is 1. The fourth-order valence-electron chi connectivity index (χ4n) is 3.92. The molecule has 1 aromatic carbocycles. The zero-order chi connectivity index (χ0) is 24.6. The van der Waals surface area contributed by atoms with Crippen molar-refractivity contribution in [3.63, 3.8) is 0 Å². The molecular formula is C26H28N4O3S. The van der Waals surface area contributed by atoms with Crippen molar-refractivity contribution in [1.29, 1.82) is 0 Å². The Hall–Kier alpha value is -3.28. The maximum Gasteiger partial charge on any atom is 0.308 e. The normalized spacial score (nSPS) is 14.9. The first-order valence-electron chi connectivity index (χ1n) is 11.1. The van der Waals surface area contributed by atoms with Crippen LogP contribution in [0.4, 0.5) is 0 Å². The van der Waals surface area contributed by atoms with Crippen LogP contribution in [0, 0.1) is 32.6 Å². The van der Waals surface area contributed by atoms with Crippen LogP contribution in [0.15, 0.2) is 29.3 Å². The van der Waals surface area contributed by atoms with Gasteiger partial charge in [-0.2, -0.15) is 0 Å². The Morgan fingerprint density at radius 2 is 1.88 bits per heavy atom. The summed E-state index contributed by atoms with van der Waals surface area (Å²) >= 11 is 1.67. The summed E-state index contributed by atoms with van der Waals surface area (Å²) in [6.07, 6.45) is 0.0614. The molecule has 0 saturated heterocycles. The maximum atomic E-state index is 12.8. The zero-order valence-corrected chi connectivity index (χ0v) is 21.1. The van der Waals surface area contributed by atoms with Gasteiger partial charge in [0.1, 0.15) is 29.1 Å². The Morgan fingerprint density at radius 1 is 1.18 bits per heavy atom. The van der Waals surface area contributed by atoms with E-state index >= 15 is 0 Å². The summed E-state index contributed by atoms with van der Waals surface area (Å²) < 4.78 is 7.62. The summed E-state index contributed by atoms with van der Waals surface area (Å²) in [6.45, 7) is 11.5. The van der Waals surface area contributed by atoms with E-state index in [0.717, 1.165) is 38.8 Å². The van der Waals surface area contributed by atoms with Gasteiger partial charge in [-0.1, -0.05) is 24.0 Å². The first-order valence-corrected chi connectivity index (χ1v) is 11.9. The van der Waals surface area contributed by atoms with Gasteiger partial charge in [0.25, 0.3) is 0 Å². The number of rotatable bonds is 3. The number of aliphatic imine (C=N–C) groups is 1. The number of aryl methyl sites for hydroxylation is 2. The molecule has 3 heterocycles. The molecule has 1 aliphatic rings.